The van der Waals surface area contributed by atoms with Crippen LogP contribution in [0, 0.1) is 37.8 Å². The molecular weight excluding hydrogens is 358 g/mol. The minimum Gasteiger partial charge on any atom is -0.296 e. The van der Waals surface area contributed by atoms with E-state index in [1.807, 2.05) is 13.8 Å². The number of hydrogen-bond acceptors (Lipinski definition) is 7. The predicted octanol–water partition coefficient (Wildman–Crippen LogP) is 2.44. The van der Waals surface area contributed by atoms with E-state index in [-0.39, 0.29) is 24.0 Å². The minimum atomic E-state index is -0.450. The van der Waals surface area contributed by atoms with Crippen molar-refractivity contribution in [3.05, 3.63) is 50.0 Å². The SMILES string of the molecule is Cc1nc(NC(=O)c2ccn(Cn3nc(C)c([N+](=O)[O-])c3C)n2)sc1C. The van der Waals surface area contributed by atoms with Gasteiger partial charge in [-0.3, -0.25) is 24.9 Å². The molecule has 0 unspecified atom stereocenters. The third-order valence-electron chi connectivity index (χ3n) is 3.93. The molecule has 0 fully saturated rings. The zero-order valence-corrected chi connectivity index (χ0v) is 15.5. The Kier molecular flexibility index (Phi) is 4.55. The van der Waals surface area contributed by atoms with Crippen LogP contribution in [0.3, 0.4) is 0 Å². The van der Waals surface area contributed by atoms with Crippen LogP contribution in [-0.2, 0) is 6.67 Å². The van der Waals surface area contributed by atoms with Gasteiger partial charge in [0.25, 0.3) is 5.91 Å². The monoisotopic (exact) mass is 375 g/mol. The van der Waals surface area contributed by atoms with Gasteiger partial charge < -0.3 is 0 Å². The first-order valence-electron chi connectivity index (χ1n) is 7.73. The highest BCUT2D eigenvalue weighted by molar-refractivity contribution is 7.15. The molecule has 0 aliphatic rings. The molecule has 0 aliphatic carbocycles. The molecule has 1 amide bonds. The van der Waals surface area contributed by atoms with Gasteiger partial charge in [-0.1, -0.05) is 0 Å². The number of carbonyl (C=O) groups excluding carboxylic acids is 1. The van der Waals surface area contributed by atoms with Crippen LogP contribution in [0.15, 0.2) is 12.3 Å². The molecule has 0 atom stereocenters. The second-order valence-electron chi connectivity index (χ2n) is 5.77. The number of carbonyl (C=O) groups is 1. The van der Waals surface area contributed by atoms with Crippen molar-refractivity contribution in [1.82, 2.24) is 24.5 Å². The summed E-state index contributed by atoms with van der Waals surface area (Å²) >= 11 is 1.40. The second kappa shape index (κ2) is 6.67. The average Bonchev–Trinajstić information content (AvgIpc) is 3.20. The van der Waals surface area contributed by atoms with Gasteiger partial charge in [-0.15, -0.1) is 11.3 Å². The van der Waals surface area contributed by atoms with Crippen molar-refractivity contribution in [1.29, 1.82) is 0 Å². The predicted molar refractivity (Wildman–Crippen MR) is 95.5 cm³/mol. The topological polar surface area (TPSA) is 121 Å². The van der Waals surface area contributed by atoms with Gasteiger partial charge >= 0.3 is 5.69 Å². The number of anilines is 1. The van der Waals surface area contributed by atoms with E-state index in [0.29, 0.717) is 16.5 Å². The van der Waals surface area contributed by atoms with Crippen molar-refractivity contribution >= 4 is 28.1 Å². The first-order valence-corrected chi connectivity index (χ1v) is 8.55. The Morgan fingerprint density at radius 3 is 2.58 bits per heavy atom. The van der Waals surface area contributed by atoms with Crippen LogP contribution in [-0.4, -0.2) is 35.4 Å². The van der Waals surface area contributed by atoms with Gasteiger partial charge in [0.2, 0.25) is 0 Å². The molecule has 3 heterocycles. The summed E-state index contributed by atoms with van der Waals surface area (Å²) in [5, 5.41) is 22.7. The lowest BCUT2D eigenvalue weighted by Crippen LogP contribution is -2.15. The fourth-order valence-electron chi connectivity index (χ4n) is 2.48. The molecular formula is C15H17N7O3S. The van der Waals surface area contributed by atoms with Gasteiger partial charge in [0.15, 0.2) is 10.8 Å². The molecule has 1 N–H and O–H groups in total. The van der Waals surface area contributed by atoms with E-state index < -0.39 is 4.92 Å². The molecule has 0 aromatic carbocycles. The van der Waals surface area contributed by atoms with Crippen LogP contribution < -0.4 is 5.32 Å². The van der Waals surface area contributed by atoms with Crippen molar-refractivity contribution in [2.75, 3.05) is 5.32 Å². The molecule has 0 saturated heterocycles. The number of hydrogen-bond donors (Lipinski definition) is 1. The van der Waals surface area contributed by atoms with Crippen LogP contribution in [0.25, 0.3) is 0 Å². The molecule has 0 bridgehead atoms. The van der Waals surface area contributed by atoms with Gasteiger partial charge in [-0.25, -0.2) is 9.67 Å². The Morgan fingerprint density at radius 1 is 1.27 bits per heavy atom. The summed E-state index contributed by atoms with van der Waals surface area (Å²) in [6, 6.07) is 1.57. The lowest BCUT2D eigenvalue weighted by Gasteiger charge is -2.03. The summed E-state index contributed by atoms with van der Waals surface area (Å²) in [5.41, 5.74) is 1.87. The Labute approximate surface area is 152 Å². The number of nitrogens with zero attached hydrogens (tertiary/aromatic N) is 6. The molecule has 3 aromatic heterocycles. The smallest absolute Gasteiger partial charge is 0.296 e. The maximum atomic E-state index is 12.3. The Hall–Kier alpha value is -3.08. The quantitative estimate of drug-likeness (QED) is 0.540. The maximum absolute atomic E-state index is 12.3. The fraction of sp³-hybridized carbons (Fsp3) is 0.333. The van der Waals surface area contributed by atoms with Crippen LogP contribution in [0.2, 0.25) is 0 Å². The van der Waals surface area contributed by atoms with Crippen LogP contribution in [0.5, 0.6) is 0 Å². The lowest BCUT2D eigenvalue weighted by atomic mass is 10.3. The normalized spacial score (nSPS) is 10.9. The molecule has 0 aliphatic heterocycles. The van der Waals surface area contributed by atoms with Gasteiger partial charge in [0, 0.05) is 11.1 Å². The highest BCUT2D eigenvalue weighted by Crippen LogP contribution is 2.22. The molecule has 10 nitrogen and oxygen atoms in total. The highest BCUT2D eigenvalue weighted by atomic mass is 32.1. The molecule has 0 spiro atoms. The Bertz CT molecular complexity index is 982. The van der Waals surface area contributed by atoms with Crippen molar-refractivity contribution in [3.63, 3.8) is 0 Å². The lowest BCUT2D eigenvalue weighted by molar-refractivity contribution is -0.386. The number of thiazole rings is 1. The van der Waals surface area contributed by atoms with Crippen molar-refractivity contribution in [2.24, 2.45) is 0 Å². The average molecular weight is 375 g/mol. The number of aryl methyl sites for hydroxylation is 3. The maximum Gasteiger partial charge on any atom is 0.312 e. The third kappa shape index (κ3) is 3.33. The molecule has 136 valence electrons. The molecule has 3 rings (SSSR count). The zero-order valence-electron chi connectivity index (χ0n) is 14.7. The van der Waals surface area contributed by atoms with E-state index >= 15 is 0 Å². The van der Waals surface area contributed by atoms with Crippen LogP contribution in [0.1, 0.15) is 32.4 Å². The van der Waals surface area contributed by atoms with E-state index in [1.54, 1.807) is 26.1 Å². The van der Waals surface area contributed by atoms with E-state index in [0.717, 1.165) is 10.6 Å². The van der Waals surface area contributed by atoms with Crippen molar-refractivity contribution in [3.8, 4) is 0 Å². The van der Waals surface area contributed by atoms with E-state index in [9.17, 15) is 14.9 Å². The number of nitrogens with one attached hydrogen (secondary N) is 1. The third-order valence-corrected chi connectivity index (χ3v) is 4.92. The fourth-order valence-corrected chi connectivity index (χ4v) is 3.29. The van der Waals surface area contributed by atoms with Gasteiger partial charge in [-0.05, 0) is 33.8 Å². The summed E-state index contributed by atoms with van der Waals surface area (Å²) in [7, 11) is 0. The standard InChI is InChI=1S/C15H17N7O3S/c1-8-11(4)26-15(16-8)17-14(23)12-5-6-20(19-12)7-21-10(3)13(22(24)25)9(2)18-21/h5-6H,7H2,1-4H3,(H,16,17,23). The largest absolute Gasteiger partial charge is 0.312 e. The van der Waals surface area contributed by atoms with E-state index in [1.165, 1.54) is 20.7 Å². The number of amides is 1. The second-order valence-corrected chi connectivity index (χ2v) is 6.98. The van der Waals surface area contributed by atoms with Gasteiger partial charge in [-0.2, -0.15) is 10.2 Å². The summed E-state index contributed by atoms with van der Waals surface area (Å²) in [6.07, 6.45) is 1.62. The minimum absolute atomic E-state index is 0.00960. The number of nitro groups is 1. The summed E-state index contributed by atoms with van der Waals surface area (Å²) < 4.78 is 2.98. The van der Waals surface area contributed by atoms with Crippen molar-refractivity contribution < 1.29 is 9.72 Å². The Morgan fingerprint density at radius 2 is 2.00 bits per heavy atom. The Balaban J connectivity index is 1.75. The summed E-state index contributed by atoms with van der Waals surface area (Å²) in [4.78, 5) is 28.2. The highest BCUT2D eigenvalue weighted by Gasteiger charge is 2.22. The van der Waals surface area contributed by atoms with Crippen molar-refractivity contribution in [2.45, 2.75) is 34.4 Å². The van der Waals surface area contributed by atoms with Crippen LogP contribution >= 0.6 is 11.3 Å². The first-order chi connectivity index (χ1) is 12.3. The molecule has 0 saturated carbocycles. The number of rotatable bonds is 5. The van der Waals surface area contributed by atoms with E-state index in [4.69, 9.17) is 0 Å². The molecule has 26 heavy (non-hydrogen) atoms. The zero-order chi connectivity index (χ0) is 19.0. The van der Waals surface area contributed by atoms with Crippen LogP contribution in [0.4, 0.5) is 10.8 Å². The first kappa shape index (κ1) is 17.7. The molecule has 0 radical (unpaired) electrons. The van der Waals surface area contributed by atoms with Gasteiger partial charge in [0.05, 0.1) is 10.6 Å². The summed E-state index contributed by atoms with van der Waals surface area (Å²) in [5.74, 6) is -0.364. The molecule has 3 aromatic rings. The van der Waals surface area contributed by atoms with Gasteiger partial charge in [0.1, 0.15) is 18.1 Å². The number of aromatic nitrogens is 5. The molecule has 11 heteroatoms. The summed E-state index contributed by atoms with van der Waals surface area (Å²) in [6.45, 7) is 7.20. The van der Waals surface area contributed by atoms with E-state index in [2.05, 4.69) is 20.5 Å².